The Balaban J connectivity index is 2.00. The SMILES string of the molecule is CC(=O)c1ccc(-n2c(SCC(=O)O)nnc2C2CC2(C)C)cc1. The van der Waals surface area contributed by atoms with Crippen molar-refractivity contribution in [3.05, 3.63) is 35.7 Å². The summed E-state index contributed by atoms with van der Waals surface area (Å²) in [7, 11) is 0. The minimum Gasteiger partial charge on any atom is -0.481 e. The number of rotatable bonds is 6. The van der Waals surface area contributed by atoms with Gasteiger partial charge in [-0.15, -0.1) is 10.2 Å². The van der Waals surface area contributed by atoms with E-state index in [4.69, 9.17) is 5.11 Å². The van der Waals surface area contributed by atoms with Crippen LogP contribution in [0.3, 0.4) is 0 Å². The molecule has 1 saturated carbocycles. The summed E-state index contributed by atoms with van der Waals surface area (Å²) in [6.45, 7) is 5.89. The fraction of sp³-hybridized carbons (Fsp3) is 0.412. The van der Waals surface area contributed by atoms with E-state index in [-0.39, 0.29) is 17.0 Å². The molecule has 1 aromatic heterocycles. The lowest BCUT2D eigenvalue weighted by atomic mass is 10.1. The normalized spacial score (nSPS) is 18.4. The maximum absolute atomic E-state index is 11.5. The van der Waals surface area contributed by atoms with Crippen LogP contribution in [-0.4, -0.2) is 37.4 Å². The highest BCUT2D eigenvalue weighted by molar-refractivity contribution is 7.99. The number of hydrogen-bond acceptors (Lipinski definition) is 5. The van der Waals surface area contributed by atoms with Gasteiger partial charge in [0.1, 0.15) is 5.82 Å². The number of aliphatic carboxylic acids is 1. The van der Waals surface area contributed by atoms with E-state index in [9.17, 15) is 9.59 Å². The van der Waals surface area contributed by atoms with E-state index in [2.05, 4.69) is 24.0 Å². The van der Waals surface area contributed by atoms with Gasteiger partial charge in [-0.05, 0) is 43.0 Å². The Kier molecular flexibility index (Phi) is 4.21. The highest BCUT2D eigenvalue weighted by atomic mass is 32.2. The number of Topliss-reactive ketones (excluding diaryl/α,β-unsaturated/α-hetero) is 1. The van der Waals surface area contributed by atoms with Gasteiger partial charge in [0.25, 0.3) is 0 Å². The summed E-state index contributed by atoms with van der Waals surface area (Å²) in [5.41, 5.74) is 1.66. The Hall–Kier alpha value is -2.15. The molecule has 1 aliphatic carbocycles. The second-order valence-corrected chi connectivity index (χ2v) is 7.65. The van der Waals surface area contributed by atoms with Gasteiger partial charge < -0.3 is 5.11 Å². The van der Waals surface area contributed by atoms with Crippen molar-refractivity contribution in [2.75, 3.05) is 5.75 Å². The molecule has 1 aliphatic rings. The summed E-state index contributed by atoms with van der Waals surface area (Å²) < 4.78 is 1.91. The van der Waals surface area contributed by atoms with Crippen molar-refractivity contribution in [3.63, 3.8) is 0 Å². The van der Waals surface area contributed by atoms with Crippen LogP contribution in [0.1, 0.15) is 49.3 Å². The van der Waals surface area contributed by atoms with Crippen LogP contribution in [0.4, 0.5) is 0 Å². The van der Waals surface area contributed by atoms with Crippen LogP contribution in [0, 0.1) is 5.41 Å². The smallest absolute Gasteiger partial charge is 0.313 e. The number of aromatic nitrogens is 3. The molecule has 1 aromatic carbocycles. The van der Waals surface area contributed by atoms with Crippen LogP contribution < -0.4 is 0 Å². The lowest BCUT2D eigenvalue weighted by Gasteiger charge is -2.11. The number of thioether (sulfide) groups is 1. The molecule has 0 spiro atoms. The monoisotopic (exact) mass is 345 g/mol. The predicted octanol–water partition coefficient (Wildman–Crippen LogP) is 3.16. The molecule has 0 saturated heterocycles. The second kappa shape index (κ2) is 6.05. The highest BCUT2D eigenvalue weighted by Crippen LogP contribution is 2.58. The summed E-state index contributed by atoms with van der Waals surface area (Å²) in [5, 5.41) is 18.0. The third kappa shape index (κ3) is 3.21. The Labute approximate surface area is 144 Å². The molecule has 7 heteroatoms. The first-order chi connectivity index (χ1) is 11.3. The maximum Gasteiger partial charge on any atom is 0.313 e. The van der Waals surface area contributed by atoms with Crippen molar-refractivity contribution in [1.82, 2.24) is 14.8 Å². The summed E-state index contributed by atoms with van der Waals surface area (Å²) in [5.74, 6) is 0.196. The number of ketones is 1. The van der Waals surface area contributed by atoms with Crippen LogP contribution in [0.5, 0.6) is 0 Å². The van der Waals surface area contributed by atoms with Crippen molar-refractivity contribution in [2.24, 2.45) is 5.41 Å². The van der Waals surface area contributed by atoms with Crippen molar-refractivity contribution in [3.8, 4) is 5.69 Å². The van der Waals surface area contributed by atoms with Crippen LogP contribution in [0.25, 0.3) is 5.69 Å². The molecule has 0 amide bonds. The average Bonchev–Trinajstić information content (AvgIpc) is 2.97. The molecule has 0 aliphatic heterocycles. The summed E-state index contributed by atoms with van der Waals surface area (Å²) >= 11 is 1.15. The third-order valence-electron chi connectivity index (χ3n) is 4.34. The lowest BCUT2D eigenvalue weighted by Crippen LogP contribution is -2.06. The van der Waals surface area contributed by atoms with Gasteiger partial charge in [-0.3, -0.25) is 14.2 Å². The minimum absolute atomic E-state index is 0.00864. The van der Waals surface area contributed by atoms with Crippen LogP contribution in [0.2, 0.25) is 0 Å². The molecule has 126 valence electrons. The molecule has 1 fully saturated rings. The zero-order chi connectivity index (χ0) is 17.5. The van der Waals surface area contributed by atoms with E-state index in [1.165, 1.54) is 6.92 Å². The van der Waals surface area contributed by atoms with Gasteiger partial charge in [0.2, 0.25) is 0 Å². The fourth-order valence-corrected chi connectivity index (χ4v) is 3.40. The van der Waals surface area contributed by atoms with Gasteiger partial charge in [-0.25, -0.2) is 0 Å². The number of carboxylic acids is 1. The number of carbonyl (C=O) groups is 2. The summed E-state index contributed by atoms with van der Waals surface area (Å²) in [6, 6.07) is 7.24. The van der Waals surface area contributed by atoms with E-state index in [0.29, 0.717) is 16.6 Å². The third-order valence-corrected chi connectivity index (χ3v) is 5.25. The minimum atomic E-state index is -0.894. The zero-order valence-corrected chi connectivity index (χ0v) is 14.6. The average molecular weight is 345 g/mol. The van der Waals surface area contributed by atoms with Gasteiger partial charge in [-0.2, -0.15) is 0 Å². The number of hydrogen-bond donors (Lipinski definition) is 1. The first-order valence-corrected chi connectivity index (χ1v) is 8.69. The van der Waals surface area contributed by atoms with Crippen molar-refractivity contribution in [2.45, 2.75) is 38.3 Å². The largest absolute Gasteiger partial charge is 0.481 e. The Morgan fingerprint density at radius 1 is 1.29 bits per heavy atom. The number of nitrogens with zero attached hydrogens (tertiary/aromatic N) is 3. The van der Waals surface area contributed by atoms with Crippen molar-refractivity contribution < 1.29 is 14.7 Å². The number of benzene rings is 1. The molecule has 2 aromatic rings. The molecule has 1 unspecified atom stereocenters. The van der Waals surface area contributed by atoms with Gasteiger partial charge in [-0.1, -0.05) is 25.6 Å². The second-order valence-electron chi connectivity index (χ2n) is 6.71. The Morgan fingerprint density at radius 3 is 2.42 bits per heavy atom. The van der Waals surface area contributed by atoms with Gasteiger partial charge in [0.15, 0.2) is 10.9 Å². The summed E-state index contributed by atoms with van der Waals surface area (Å²) in [6.07, 6.45) is 1.03. The first-order valence-electron chi connectivity index (χ1n) is 7.71. The standard InChI is InChI=1S/C17H19N3O3S/c1-10(21)11-4-6-12(7-5-11)20-15(13-8-17(13,2)3)18-19-16(20)24-9-14(22)23/h4-7,13H,8-9H2,1-3H3,(H,22,23). The van der Waals surface area contributed by atoms with Gasteiger partial charge in [0, 0.05) is 17.2 Å². The van der Waals surface area contributed by atoms with E-state index in [1.807, 2.05) is 16.7 Å². The van der Waals surface area contributed by atoms with Crippen molar-refractivity contribution in [1.29, 1.82) is 0 Å². The molecular weight excluding hydrogens is 326 g/mol. The fourth-order valence-electron chi connectivity index (χ4n) is 2.72. The molecule has 1 heterocycles. The Morgan fingerprint density at radius 2 is 1.92 bits per heavy atom. The predicted molar refractivity (Wildman–Crippen MR) is 90.9 cm³/mol. The maximum atomic E-state index is 11.5. The molecular formula is C17H19N3O3S. The zero-order valence-electron chi connectivity index (χ0n) is 13.8. The van der Waals surface area contributed by atoms with E-state index in [0.717, 1.165) is 29.7 Å². The number of carbonyl (C=O) groups excluding carboxylic acids is 1. The topological polar surface area (TPSA) is 85.1 Å². The molecule has 0 bridgehead atoms. The van der Waals surface area contributed by atoms with E-state index in [1.54, 1.807) is 12.1 Å². The molecule has 1 N–H and O–H groups in total. The molecule has 1 atom stereocenters. The first kappa shape index (κ1) is 16.7. The molecule has 24 heavy (non-hydrogen) atoms. The highest BCUT2D eigenvalue weighted by Gasteiger charge is 2.50. The van der Waals surface area contributed by atoms with Crippen LogP contribution in [0.15, 0.2) is 29.4 Å². The Bertz CT molecular complexity index is 796. The van der Waals surface area contributed by atoms with Gasteiger partial charge in [0.05, 0.1) is 5.75 Å². The van der Waals surface area contributed by atoms with Crippen molar-refractivity contribution >= 4 is 23.5 Å². The number of carboxylic acid groups (broad SMARTS) is 1. The van der Waals surface area contributed by atoms with E-state index < -0.39 is 5.97 Å². The van der Waals surface area contributed by atoms with E-state index >= 15 is 0 Å². The van der Waals surface area contributed by atoms with Gasteiger partial charge >= 0.3 is 5.97 Å². The van der Waals surface area contributed by atoms with Crippen LogP contribution in [-0.2, 0) is 4.79 Å². The summed E-state index contributed by atoms with van der Waals surface area (Å²) in [4.78, 5) is 22.3. The lowest BCUT2D eigenvalue weighted by molar-refractivity contribution is -0.133. The quantitative estimate of drug-likeness (QED) is 0.639. The molecule has 6 nitrogen and oxygen atoms in total. The van der Waals surface area contributed by atoms with Crippen LogP contribution >= 0.6 is 11.8 Å². The molecule has 0 radical (unpaired) electrons. The molecule has 3 rings (SSSR count).